The minimum absolute atomic E-state index is 0.0756. The van der Waals surface area contributed by atoms with E-state index >= 15 is 0 Å². The molecular formula is C10H14O6. The third kappa shape index (κ3) is 1.73. The summed E-state index contributed by atoms with van der Waals surface area (Å²) in [6, 6.07) is 0. The number of aliphatic carboxylic acids is 1. The van der Waals surface area contributed by atoms with Crippen LogP contribution in [0.1, 0.15) is 13.8 Å². The normalized spacial score (nSPS) is 41.4. The maximum Gasteiger partial charge on any atom is 0.334 e. The molecule has 1 aliphatic heterocycles. The number of hydrogen-bond donors (Lipinski definition) is 3. The van der Waals surface area contributed by atoms with Gasteiger partial charge in [-0.25, -0.2) is 4.79 Å². The lowest BCUT2D eigenvalue weighted by Crippen LogP contribution is -2.48. The van der Waals surface area contributed by atoms with Crippen molar-refractivity contribution in [2.45, 2.75) is 44.1 Å². The van der Waals surface area contributed by atoms with E-state index in [1.54, 1.807) is 13.8 Å². The van der Waals surface area contributed by atoms with E-state index in [1.807, 2.05) is 0 Å². The molecule has 0 aromatic heterocycles. The molecule has 0 amide bonds. The fourth-order valence-electron chi connectivity index (χ4n) is 2.04. The van der Waals surface area contributed by atoms with Crippen molar-refractivity contribution in [2.24, 2.45) is 0 Å². The average Bonchev–Trinajstić information content (AvgIpc) is 2.47. The lowest BCUT2D eigenvalue weighted by atomic mass is 9.90. The van der Waals surface area contributed by atoms with E-state index in [9.17, 15) is 15.0 Å². The molecule has 1 fully saturated rings. The van der Waals surface area contributed by atoms with Crippen molar-refractivity contribution in [3.63, 3.8) is 0 Å². The van der Waals surface area contributed by atoms with Gasteiger partial charge in [-0.2, -0.15) is 0 Å². The summed E-state index contributed by atoms with van der Waals surface area (Å²) in [4.78, 5) is 11.0. The number of carboxylic acid groups (broad SMARTS) is 1. The second kappa shape index (κ2) is 3.53. The third-order valence-electron chi connectivity index (χ3n) is 2.72. The molecule has 1 saturated heterocycles. The van der Waals surface area contributed by atoms with Crippen molar-refractivity contribution in [3.05, 3.63) is 11.6 Å². The summed E-state index contributed by atoms with van der Waals surface area (Å²) in [5.41, 5.74) is -0.0756. The lowest BCUT2D eigenvalue weighted by Gasteiger charge is -2.29. The van der Waals surface area contributed by atoms with E-state index in [4.69, 9.17) is 14.6 Å². The van der Waals surface area contributed by atoms with Crippen LogP contribution < -0.4 is 0 Å². The molecule has 0 aromatic carbocycles. The Morgan fingerprint density at radius 1 is 1.38 bits per heavy atom. The zero-order chi connectivity index (χ0) is 12.1. The van der Waals surface area contributed by atoms with Gasteiger partial charge in [-0.1, -0.05) is 0 Å². The van der Waals surface area contributed by atoms with Crippen molar-refractivity contribution in [1.29, 1.82) is 0 Å². The fraction of sp³-hybridized carbons (Fsp3) is 0.700. The molecule has 0 radical (unpaired) electrons. The van der Waals surface area contributed by atoms with Gasteiger partial charge in [-0.15, -0.1) is 0 Å². The van der Waals surface area contributed by atoms with E-state index in [1.165, 1.54) is 0 Å². The second-order valence-electron chi connectivity index (χ2n) is 4.43. The van der Waals surface area contributed by atoms with Gasteiger partial charge in [-0.3, -0.25) is 0 Å². The summed E-state index contributed by atoms with van der Waals surface area (Å²) in [6.07, 6.45) is -3.01. The second-order valence-corrected chi connectivity index (χ2v) is 4.43. The van der Waals surface area contributed by atoms with Crippen LogP contribution in [-0.4, -0.2) is 51.5 Å². The Kier molecular flexibility index (Phi) is 2.54. The molecule has 6 nitrogen and oxygen atoms in total. The van der Waals surface area contributed by atoms with Crippen molar-refractivity contribution in [3.8, 4) is 0 Å². The van der Waals surface area contributed by atoms with Crippen LogP contribution in [0, 0.1) is 0 Å². The molecule has 2 rings (SSSR count). The zero-order valence-electron chi connectivity index (χ0n) is 8.95. The molecule has 4 atom stereocenters. The van der Waals surface area contributed by atoms with E-state index in [2.05, 4.69) is 0 Å². The number of aliphatic hydroxyl groups excluding tert-OH is 2. The highest BCUT2D eigenvalue weighted by Gasteiger charge is 2.51. The molecule has 0 saturated carbocycles. The number of hydrogen-bond acceptors (Lipinski definition) is 5. The van der Waals surface area contributed by atoms with Gasteiger partial charge in [0.15, 0.2) is 5.79 Å². The Labute approximate surface area is 92.1 Å². The van der Waals surface area contributed by atoms with Crippen molar-refractivity contribution >= 4 is 5.97 Å². The molecule has 3 N–H and O–H groups in total. The first-order valence-electron chi connectivity index (χ1n) is 4.98. The summed E-state index contributed by atoms with van der Waals surface area (Å²) in [7, 11) is 0. The first-order chi connectivity index (χ1) is 7.32. The summed E-state index contributed by atoms with van der Waals surface area (Å²) in [5.74, 6) is -2.14. The minimum Gasteiger partial charge on any atom is -0.478 e. The predicted octanol–water partition coefficient (Wildman–Crippen LogP) is -0.747. The number of aliphatic hydroxyl groups is 2. The summed E-state index contributed by atoms with van der Waals surface area (Å²) in [5, 5.41) is 28.1. The number of carboxylic acids is 1. The largest absolute Gasteiger partial charge is 0.478 e. The quantitative estimate of drug-likeness (QED) is 0.548. The van der Waals surface area contributed by atoms with E-state index < -0.39 is 36.2 Å². The summed E-state index contributed by atoms with van der Waals surface area (Å²) < 4.78 is 10.8. The van der Waals surface area contributed by atoms with Crippen LogP contribution in [-0.2, 0) is 14.3 Å². The molecule has 90 valence electrons. The first-order valence-corrected chi connectivity index (χ1v) is 4.98. The van der Waals surface area contributed by atoms with E-state index in [-0.39, 0.29) is 5.57 Å². The standard InChI is InChI=1S/C10H14O6/c1-10(2)15-7-4(9(13)14)3-5(11)6(12)8(7)16-10/h3,5-8,11-12H,1-2H3,(H,13,14)/t5-,6-,7-,8+/m1/s1. The van der Waals surface area contributed by atoms with Crippen LogP contribution in [0.25, 0.3) is 0 Å². The molecule has 0 unspecified atom stereocenters. The number of rotatable bonds is 1. The Bertz CT molecular complexity index is 347. The minimum atomic E-state index is -1.25. The third-order valence-corrected chi connectivity index (χ3v) is 2.72. The molecule has 1 aliphatic carbocycles. The SMILES string of the molecule is CC1(C)O[C@H]2[C@H](O)[C@H](O)C=C(C(=O)O)[C@H]2O1. The maximum atomic E-state index is 11.0. The lowest BCUT2D eigenvalue weighted by molar-refractivity contribution is -0.158. The topological polar surface area (TPSA) is 96.2 Å². The summed E-state index contributed by atoms with van der Waals surface area (Å²) in [6.45, 7) is 3.26. The maximum absolute atomic E-state index is 11.0. The van der Waals surface area contributed by atoms with Crippen LogP contribution in [0.5, 0.6) is 0 Å². The van der Waals surface area contributed by atoms with Crippen LogP contribution in [0.4, 0.5) is 0 Å². The van der Waals surface area contributed by atoms with E-state index in [0.717, 1.165) is 6.08 Å². The molecule has 2 aliphatic rings. The van der Waals surface area contributed by atoms with Crippen molar-refractivity contribution < 1.29 is 29.6 Å². The van der Waals surface area contributed by atoms with Gasteiger partial charge in [0.2, 0.25) is 0 Å². The average molecular weight is 230 g/mol. The molecule has 16 heavy (non-hydrogen) atoms. The van der Waals surface area contributed by atoms with Gasteiger partial charge in [0, 0.05) is 0 Å². The molecule has 1 heterocycles. The Hall–Kier alpha value is -0.950. The van der Waals surface area contributed by atoms with Crippen LogP contribution >= 0.6 is 0 Å². The summed E-state index contributed by atoms with van der Waals surface area (Å²) >= 11 is 0. The number of fused-ring (bicyclic) bond motifs is 1. The van der Waals surface area contributed by atoms with E-state index in [0.29, 0.717) is 0 Å². The van der Waals surface area contributed by atoms with Gasteiger partial charge >= 0.3 is 5.97 Å². The Morgan fingerprint density at radius 3 is 2.56 bits per heavy atom. The van der Waals surface area contributed by atoms with Gasteiger partial charge < -0.3 is 24.8 Å². The molecular weight excluding hydrogens is 216 g/mol. The van der Waals surface area contributed by atoms with Crippen LogP contribution in [0.2, 0.25) is 0 Å². The predicted molar refractivity (Wildman–Crippen MR) is 51.6 cm³/mol. The van der Waals surface area contributed by atoms with Crippen LogP contribution in [0.15, 0.2) is 11.6 Å². The van der Waals surface area contributed by atoms with Crippen LogP contribution in [0.3, 0.4) is 0 Å². The Balaban J connectivity index is 2.35. The highest BCUT2D eigenvalue weighted by atomic mass is 16.8. The molecule has 0 spiro atoms. The zero-order valence-corrected chi connectivity index (χ0v) is 8.95. The van der Waals surface area contributed by atoms with Crippen molar-refractivity contribution in [2.75, 3.05) is 0 Å². The first kappa shape index (κ1) is 11.5. The monoisotopic (exact) mass is 230 g/mol. The highest BCUT2D eigenvalue weighted by Crippen LogP contribution is 2.37. The number of carbonyl (C=O) groups is 1. The smallest absolute Gasteiger partial charge is 0.334 e. The number of ether oxygens (including phenoxy) is 2. The van der Waals surface area contributed by atoms with Gasteiger partial charge in [0.1, 0.15) is 24.4 Å². The van der Waals surface area contributed by atoms with Gasteiger partial charge in [0.25, 0.3) is 0 Å². The van der Waals surface area contributed by atoms with Crippen molar-refractivity contribution in [1.82, 2.24) is 0 Å². The molecule has 6 heteroatoms. The molecule has 0 bridgehead atoms. The highest BCUT2D eigenvalue weighted by molar-refractivity contribution is 5.88. The fourth-order valence-corrected chi connectivity index (χ4v) is 2.04. The Morgan fingerprint density at radius 2 is 2.00 bits per heavy atom. The van der Waals surface area contributed by atoms with Gasteiger partial charge in [-0.05, 0) is 19.9 Å². The van der Waals surface area contributed by atoms with Gasteiger partial charge in [0.05, 0.1) is 5.57 Å². The molecule has 0 aromatic rings.